The third-order valence-electron chi connectivity index (χ3n) is 6.50. The second kappa shape index (κ2) is 8.31. The van der Waals surface area contributed by atoms with E-state index in [-0.39, 0.29) is 5.54 Å². The summed E-state index contributed by atoms with van der Waals surface area (Å²) in [6, 6.07) is 3.90. The molecular weight excluding hydrogens is 453 g/mol. The van der Waals surface area contributed by atoms with E-state index < -0.39 is 6.10 Å². The van der Waals surface area contributed by atoms with Crippen LogP contribution in [-0.2, 0) is 11.8 Å². The average molecular weight is 478 g/mol. The predicted octanol–water partition coefficient (Wildman–Crippen LogP) is 2.69. The van der Waals surface area contributed by atoms with E-state index in [2.05, 4.69) is 37.1 Å². The molecule has 32 heavy (non-hydrogen) atoms. The summed E-state index contributed by atoms with van der Waals surface area (Å²) in [7, 11) is 1.80. The summed E-state index contributed by atoms with van der Waals surface area (Å²) in [5.41, 5.74) is 1.39. The van der Waals surface area contributed by atoms with Crippen molar-refractivity contribution in [1.82, 2.24) is 24.6 Å². The molecule has 2 saturated heterocycles. The minimum atomic E-state index is -0.464. The fraction of sp³-hybridized carbons (Fsp3) is 0.476. The second-order valence-electron chi connectivity index (χ2n) is 8.51. The van der Waals surface area contributed by atoms with Gasteiger partial charge in [0.2, 0.25) is 5.95 Å². The first-order valence-electron chi connectivity index (χ1n) is 10.5. The SMILES string of the molecule is Cn1ncc(Cl)c1Nc1ncc2cc(Cl)c(N3CCN(C4(C)COCC4O)CC3)cc2n1. The molecule has 2 unspecified atom stereocenters. The Kier molecular flexibility index (Phi) is 5.63. The van der Waals surface area contributed by atoms with Crippen molar-refractivity contribution in [2.45, 2.75) is 18.6 Å². The van der Waals surface area contributed by atoms with Gasteiger partial charge in [0.05, 0.1) is 47.3 Å². The van der Waals surface area contributed by atoms with Crippen LogP contribution in [0, 0.1) is 0 Å². The quantitative estimate of drug-likeness (QED) is 0.592. The summed E-state index contributed by atoms with van der Waals surface area (Å²) in [6.45, 7) is 6.26. The zero-order valence-electron chi connectivity index (χ0n) is 17.9. The molecule has 0 saturated carbocycles. The van der Waals surface area contributed by atoms with E-state index in [9.17, 15) is 5.11 Å². The smallest absolute Gasteiger partial charge is 0.228 e. The lowest BCUT2D eigenvalue weighted by Gasteiger charge is -2.45. The highest BCUT2D eigenvalue weighted by Crippen LogP contribution is 2.34. The van der Waals surface area contributed by atoms with Gasteiger partial charge in [-0.05, 0) is 19.1 Å². The number of aromatic nitrogens is 4. The minimum Gasteiger partial charge on any atom is -0.389 e. The Hall–Kier alpha value is -2.17. The number of halogens is 2. The Balaban J connectivity index is 1.37. The van der Waals surface area contributed by atoms with Crippen LogP contribution in [0.25, 0.3) is 10.9 Å². The van der Waals surface area contributed by atoms with Crippen LogP contribution in [0.1, 0.15) is 6.92 Å². The van der Waals surface area contributed by atoms with Crippen LogP contribution in [0.15, 0.2) is 24.5 Å². The molecule has 0 aliphatic carbocycles. The molecule has 4 heterocycles. The zero-order valence-corrected chi connectivity index (χ0v) is 19.4. The Labute approximate surface area is 195 Å². The number of hydrogen-bond acceptors (Lipinski definition) is 8. The van der Waals surface area contributed by atoms with Gasteiger partial charge in [0.1, 0.15) is 10.8 Å². The van der Waals surface area contributed by atoms with E-state index >= 15 is 0 Å². The van der Waals surface area contributed by atoms with Gasteiger partial charge in [-0.3, -0.25) is 9.58 Å². The van der Waals surface area contributed by atoms with Crippen LogP contribution in [-0.4, -0.2) is 80.8 Å². The normalized spacial score (nSPS) is 24.4. The third-order valence-corrected chi connectivity index (χ3v) is 7.08. The fourth-order valence-electron chi connectivity index (χ4n) is 4.41. The largest absolute Gasteiger partial charge is 0.389 e. The molecule has 5 rings (SSSR count). The molecule has 170 valence electrons. The van der Waals surface area contributed by atoms with Crippen molar-refractivity contribution >= 4 is 51.6 Å². The molecule has 2 fully saturated rings. The number of rotatable bonds is 4. The summed E-state index contributed by atoms with van der Waals surface area (Å²) in [4.78, 5) is 13.6. The van der Waals surface area contributed by atoms with Gasteiger partial charge < -0.3 is 20.1 Å². The highest BCUT2D eigenvalue weighted by molar-refractivity contribution is 6.34. The van der Waals surface area contributed by atoms with E-state index in [4.69, 9.17) is 27.9 Å². The van der Waals surface area contributed by atoms with E-state index in [0.29, 0.717) is 35.0 Å². The first-order valence-corrected chi connectivity index (χ1v) is 11.3. The zero-order chi connectivity index (χ0) is 22.5. The molecule has 0 radical (unpaired) electrons. The summed E-state index contributed by atoms with van der Waals surface area (Å²) >= 11 is 12.8. The van der Waals surface area contributed by atoms with E-state index in [1.54, 1.807) is 24.1 Å². The molecular formula is C21H25Cl2N7O2. The van der Waals surface area contributed by atoms with Crippen molar-refractivity contribution in [3.63, 3.8) is 0 Å². The minimum absolute atomic E-state index is 0.333. The van der Waals surface area contributed by atoms with Gasteiger partial charge in [0.25, 0.3) is 0 Å². The number of anilines is 3. The monoisotopic (exact) mass is 477 g/mol. The summed E-state index contributed by atoms with van der Waals surface area (Å²) < 4.78 is 7.14. The highest BCUT2D eigenvalue weighted by atomic mass is 35.5. The predicted molar refractivity (Wildman–Crippen MR) is 125 cm³/mol. The molecule has 0 amide bonds. The Morgan fingerprint density at radius 3 is 2.59 bits per heavy atom. The van der Waals surface area contributed by atoms with Gasteiger partial charge in [0.15, 0.2) is 0 Å². The second-order valence-corrected chi connectivity index (χ2v) is 9.32. The molecule has 9 nitrogen and oxygen atoms in total. The summed E-state index contributed by atoms with van der Waals surface area (Å²) in [5, 5.41) is 19.6. The molecule has 1 aromatic carbocycles. The topological polar surface area (TPSA) is 91.6 Å². The lowest BCUT2D eigenvalue weighted by atomic mass is 9.95. The molecule has 3 aromatic rings. The van der Waals surface area contributed by atoms with Crippen LogP contribution in [0.4, 0.5) is 17.5 Å². The van der Waals surface area contributed by atoms with Crippen molar-refractivity contribution in [1.29, 1.82) is 0 Å². The molecule has 0 bridgehead atoms. The lowest BCUT2D eigenvalue weighted by molar-refractivity contribution is 0.00884. The van der Waals surface area contributed by atoms with Gasteiger partial charge in [-0.25, -0.2) is 9.97 Å². The molecule has 0 spiro atoms. The molecule has 11 heteroatoms. The van der Waals surface area contributed by atoms with E-state index in [1.807, 2.05) is 12.1 Å². The number of aliphatic hydroxyl groups excluding tert-OH is 1. The first-order chi connectivity index (χ1) is 15.3. The fourth-order valence-corrected chi connectivity index (χ4v) is 4.92. The Bertz CT molecular complexity index is 1130. The summed E-state index contributed by atoms with van der Waals surface area (Å²) in [6.07, 6.45) is 2.85. The lowest BCUT2D eigenvalue weighted by Crippen LogP contribution is -2.60. The van der Waals surface area contributed by atoms with Crippen LogP contribution in [0.3, 0.4) is 0 Å². The van der Waals surface area contributed by atoms with Crippen molar-refractivity contribution < 1.29 is 9.84 Å². The van der Waals surface area contributed by atoms with Gasteiger partial charge in [-0.1, -0.05) is 23.2 Å². The Morgan fingerprint density at radius 1 is 1.16 bits per heavy atom. The molecule has 2 aliphatic rings. The van der Waals surface area contributed by atoms with Crippen molar-refractivity contribution in [2.24, 2.45) is 7.05 Å². The van der Waals surface area contributed by atoms with Crippen LogP contribution in [0.5, 0.6) is 0 Å². The number of benzene rings is 1. The number of piperazine rings is 1. The Morgan fingerprint density at radius 2 is 1.94 bits per heavy atom. The van der Waals surface area contributed by atoms with Crippen LogP contribution in [0.2, 0.25) is 10.0 Å². The van der Waals surface area contributed by atoms with Crippen molar-refractivity contribution in [2.75, 3.05) is 49.6 Å². The molecule has 2 N–H and O–H groups in total. The molecule has 2 aromatic heterocycles. The summed E-state index contributed by atoms with van der Waals surface area (Å²) in [5.74, 6) is 1.06. The van der Waals surface area contributed by atoms with Crippen molar-refractivity contribution in [3.8, 4) is 0 Å². The number of aryl methyl sites for hydroxylation is 1. The van der Waals surface area contributed by atoms with Crippen LogP contribution >= 0.6 is 23.2 Å². The third kappa shape index (κ3) is 3.78. The van der Waals surface area contributed by atoms with Crippen molar-refractivity contribution in [3.05, 3.63) is 34.6 Å². The number of fused-ring (bicyclic) bond motifs is 1. The average Bonchev–Trinajstić information content (AvgIpc) is 3.30. The number of aliphatic hydroxyl groups is 1. The maximum Gasteiger partial charge on any atom is 0.228 e. The van der Waals surface area contributed by atoms with Gasteiger partial charge in [-0.2, -0.15) is 5.10 Å². The number of hydrogen-bond donors (Lipinski definition) is 2. The van der Waals surface area contributed by atoms with Crippen LogP contribution < -0.4 is 10.2 Å². The van der Waals surface area contributed by atoms with E-state index in [0.717, 1.165) is 42.8 Å². The van der Waals surface area contributed by atoms with Gasteiger partial charge in [0, 0.05) is 44.8 Å². The molecule has 2 aliphatic heterocycles. The number of nitrogens with zero attached hydrogens (tertiary/aromatic N) is 6. The van der Waals surface area contributed by atoms with E-state index in [1.165, 1.54) is 0 Å². The highest BCUT2D eigenvalue weighted by Gasteiger charge is 2.44. The number of nitrogens with one attached hydrogen (secondary N) is 1. The van der Waals surface area contributed by atoms with Gasteiger partial charge in [-0.15, -0.1) is 0 Å². The maximum atomic E-state index is 10.4. The molecule has 2 atom stereocenters. The first kappa shape index (κ1) is 21.7. The maximum absolute atomic E-state index is 10.4. The number of ether oxygens (including phenoxy) is 1. The standard InChI is InChI=1S/C21H25Cl2N7O2/c1-21(12-32-11-18(21)31)30-5-3-29(4-6-30)17-8-16-13(7-14(17)22)9-24-20(26-16)27-19-15(23)10-25-28(19)2/h7-10,18,31H,3-6,11-12H2,1-2H3,(H,24,26,27). The van der Waals surface area contributed by atoms with Gasteiger partial charge >= 0.3 is 0 Å².